The molecule has 9 heteroatoms. The Labute approximate surface area is 193 Å². The van der Waals surface area contributed by atoms with Gasteiger partial charge in [0.25, 0.3) is 0 Å². The molecule has 1 aliphatic rings. The third kappa shape index (κ3) is 5.18. The van der Waals surface area contributed by atoms with Crippen LogP contribution in [0.1, 0.15) is 73.7 Å². The van der Waals surface area contributed by atoms with E-state index in [1.54, 1.807) is 6.07 Å². The van der Waals surface area contributed by atoms with Gasteiger partial charge in [0.15, 0.2) is 11.6 Å². The number of fused-ring (bicyclic) bond motifs is 1. The molecule has 0 saturated heterocycles. The largest absolute Gasteiger partial charge is 0.364 e. The third-order valence-corrected chi connectivity index (χ3v) is 7.21. The maximum Gasteiger partial charge on any atom is 0.177 e. The summed E-state index contributed by atoms with van der Waals surface area (Å²) in [7, 11) is -2.51. The van der Waals surface area contributed by atoms with Gasteiger partial charge in [-0.15, -0.1) is 0 Å². The molecule has 0 radical (unpaired) electrons. The highest BCUT2D eigenvalue weighted by molar-refractivity contribution is 7.92. The predicted molar refractivity (Wildman–Crippen MR) is 127 cm³/mol. The van der Waals surface area contributed by atoms with Crippen molar-refractivity contribution in [3.05, 3.63) is 41.3 Å². The van der Waals surface area contributed by atoms with Crippen molar-refractivity contribution in [3.63, 3.8) is 0 Å². The van der Waals surface area contributed by atoms with Gasteiger partial charge in [-0.25, -0.2) is 13.6 Å². The molecule has 2 heterocycles. The Morgan fingerprint density at radius 2 is 2.03 bits per heavy atom. The van der Waals surface area contributed by atoms with Gasteiger partial charge in [-0.3, -0.25) is 4.79 Å². The predicted octanol–water partition coefficient (Wildman–Crippen LogP) is 5.79. The molecule has 1 atom stereocenters. The summed E-state index contributed by atoms with van der Waals surface area (Å²) in [5.41, 5.74) is 1.90. The zero-order valence-electron chi connectivity index (χ0n) is 19.6. The van der Waals surface area contributed by atoms with E-state index in [1.165, 1.54) is 24.8 Å². The molecule has 1 fully saturated rings. The second-order valence-corrected chi connectivity index (χ2v) is 12.0. The second kappa shape index (κ2) is 9.37. The number of hydrogen-bond donors (Lipinski definition) is 1. The fourth-order valence-corrected chi connectivity index (χ4v) is 5.37. The summed E-state index contributed by atoms with van der Waals surface area (Å²) < 4.78 is 36.3. The molecule has 3 aromatic rings. The van der Waals surface area contributed by atoms with Crippen molar-refractivity contribution in [2.45, 2.75) is 58.3 Å². The van der Waals surface area contributed by atoms with E-state index in [0.29, 0.717) is 34.9 Å². The van der Waals surface area contributed by atoms with Crippen molar-refractivity contribution in [2.75, 3.05) is 12.5 Å². The quantitative estimate of drug-likeness (QED) is 0.437. The van der Waals surface area contributed by atoms with Crippen LogP contribution in [0.3, 0.4) is 0 Å². The molecule has 2 aromatic heterocycles. The Kier molecular flexibility index (Phi) is 6.70. The number of halogens is 1. The number of ketones is 1. The molecule has 33 heavy (non-hydrogen) atoms. The van der Waals surface area contributed by atoms with Crippen molar-refractivity contribution in [1.29, 1.82) is 0 Å². The minimum absolute atomic E-state index is 0.0340. The molecule has 7 nitrogen and oxygen atoms in total. The maximum absolute atomic E-state index is 15.2. The number of carbonyl (C=O) groups excluding carboxylic acids is 1. The van der Waals surface area contributed by atoms with Gasteiger partial charge in [0, 0.05) is 34.6 Å². The normalized spacial score (nSPS) is 20.2. The molecular weight excluding hydrogens is 443 g/mol. The van der Waals surface area contributed by atoms with Crippen LogP contribution in [0.4, 0.5) is 10.1 Å². The Bertz CT molecular complexity index is 1270. The van der Waals surface area contributed by atoms with E-state index < -0.39 is 15.5 Å². The van der Waals surface area contributed by atoms with Crippen molar-refractivity contribution >= 4 is 32.2 Å². The molecule has 1 aliphatic carbocycles. The molecule has 0 unspecified atom stereocenters. The molecule has 178 valence electrons. The molecular formula is C24H31FN4O3S. The van der Waals surface area contributed by atoms with Crippen LogP contribution in [0.25, 0.3) is 11.0 Å². The zero-order chi connectivity index (χ0) is 23.8. The molecule has 1 aromatic carbocycles. The van der Waals surface area contributed by atoms with E-state index in [4.69, 9.17) is 4.52 Å². The number of hydrogen-bond acceptors (Lipinski definition) is 6. The number of aromatic nitrogens is 3. The summed E-state index contributed by atoms with van der Waals surface area (Å²) in [5, 5.41) is 3.94. The molecule has 1 N–H and O–H groups in total. The topological polar surface area (TPSA) is 101 Å². The third-order valence-electron chi connectivity index (χ3n) is 6.57. The van der Waals surface area contributed by atoms with E-state index in [9.17, 15) is 9.00 Å². The highest BCUT2D eigenvalue weighted by Gasteiger charge is 2.32. The molecule has 0 amide bonds. The van der Waals surface area contributed by atoms with Crippen LogP contribution in [0.5, 0.6) is 0 Å². The van der Waals surface area contributed by atoms with E-state index in [-0.39, 0.29) is 35.2 Å². The van der Waals surface area contributed by atoms with Crippen LogP contribution in [-0.4, -0.2) is 37.6 Å². The first-order valence-corrected chi connectivity index (χ1v) is 13.8. The average Bonchev–Trinajstić information content (AvgIpc) is 3.41. The van der Waals surface area contributed by atoms with E-state index in [1.807, 2.05) is 6.92 Å². The van der Waals surface area contributed by atoms with Crippen LogP contribution in [0.15, 0.2) is 27.3 Å². The van der Waals surface area contributed by atoms with E-state index >= 15 is 4.39 Å². The second-order valence-electron chi connectivity index (χ2n) is 9.47. The number of carbonyl (C=O) groups is 1. The highest BCUT2D eigenvalue weighted by atomic mass is 32.2. The first-order chi connectivity index (χ1) is 15.7. The van der Waals surface area contributed by atoms with Gasteiger partial charge in [-0.05, 0) is 43.2 Å². The fourth-order valence-electron chi connectivity index (χ4n) is 4.76. The Hall–Kier alpha value is -2.55. The van der Waals surface area contributed by atoms with Gasteiger partial charge in [-0.2, -0.15) is 4.36 Å². The summed E-state index contributed by atoms with van der Waals surface area (Å²) in [5.74, 6) is 0.743. The smallest absolute Gasteiger partial charge is 0.177 e. The number of nitrogens with one attached hydrogen (secondary N) is 1. The van der Waals surface area contributed by atoms with Crippen LogP contribution < -0.4 is 0 Å². The first kappa shape index (κ1) is 23.6. The number of nitrogens with zero attached hydrogens (tertiary/aromatic N) is 3. The molecule has 4 rings (SSSR count). The minimum atomic E-state index is -2.51. The Balaban J connectivity index is 1.72. The van der Waals surface area contributed by atoms with Gasteiger partial charge in [0.2, 0.25) is 0 Å². The van der Waals surface area contributed by atoms with Gasteiger partial charge in [0.1, 0.15) is 23.3 Å². The number of rotatable bonds is 7. The summed E-state index contributed by atoms with van der Waals surface area (Å²) in [6.45, 7) is 4.19. The van der Waals surface area contributed by atoms with Gasteiger partial charge >= 0.3 is 0 Å². The lowest BCUT2D eigenvalue weighted by Crippen LogP contribution is -2.23. The number of Topliss-reactive ketones (excluding diaryl/α,β-unsaturated/α-hetero) is 1. The fraction of sp³-hybridized carbons (Fsp3) is 0.542. The Morgan fingerprint density at radius 1 is 1.30 bits per heavy atom. The molecule has 0 bridgehead atoms. The van der Waals surface area contributed by atoms with Crippen LogP contribution in [-0.2, 0) is 16.1 Å². The van der Waals surface area contributed by atoms with E-state index in [2.05, 4.69) is 26.4 Å². The Morgan fingerprint density at radius 3 is 2.70 bits per heavy atom. The minimum Gasteiger partial charge on any atom is -0.364 e. The van der Waals surface area contributed by atoms with Crippen molar-refractivity contribution < 1.29 is 17.9 Å². The number of H-pyrrole nitrogens is 1. The summed E-state index contributed by atoms with van der Waals surface area (Å²) in [6, 6.07) is 3.22. The number of aromatic amines is 1. The van der Waals surface area contributed by atoms with Gasteiger partial charge < -0.3 is 9.51 Å². The van der Waals surface area contributed by atoms with Crippen molar-refractivity contribution in [2.24, 2.45) is 16.2 Å². The average molecular weight is 475 g/mol. The summed E-state index contributed by atoms with van der Waals surface area (Å²) in [6.07, 6.45) is 9.41. The van der Waals surface area contributed by atoms with Gasteiger partial charge in [-0.1, -0.05) is 31.8 Å². The first-order valence-electron chi connectivity index (χ1n) is 11.5. The zero-order valence-corrected chi connectivity index (χ0v) is 20.4. The SMILES string of the molecule is CCc1nocc1C(=O)C[C@H](c1nc2c(F)c(N=S(C)(C)=O)ccc2[nH]1)C1CCC(C)CC1. The molecule has 0 aliphatic heterocycles. The van der Waals surface area contributed by atoms with Crippen LogP contribution >= 0.6 is 0 Å². The van der Waals surface area contributed by atoms with Crippen LogP contribution in [0.2, 0.25) is 0 Å². The molecule has 0 spiro atoms. The van der Waals surface area contributed by atoms with Crippen LogP contribution in [0, 0.1) is 17.7 Å². The lowest BCUT2D eigenvalue weighted by atomic mass is 9.74. The monoisotopic (exact) mass is 474 g/mol. The maximum atomic E-state index is 15.2. The summed E-state index contributed by atoms with van der Waals surface area (Å²) in [4.78, 5) is 21.1. The molecule has 1 saturated carbocycles. The van der Waals surface area contributed by atoms with Crippen molar-refractivity contribution in [3.8, 4) is 0 Å². The van der Waals surface area contributed by atoms with E-state index in [0.717, 1.165) is 25.7 Å². The lowest BCUT2D eigenvalue weighted by Gasteiger charge is -2.31. The standard InChI is InChI=1S/C24H31FN4O3S/c1-5-18-17(13-32-28-18)21(30)12-16(15-8-6-14(2)7-9-15)24-26-20-11-10-19(29-33(3,4)31)22(25)23(20)27-24/h10-11,13-16H,5-9,12H2,1-4H3,(H,26,27)/t14?,15?,16-/m0/s1. The summed E-state index contributed by atoms with van der Waals surface area (Å²) >= 11 is 0. The van der Waals surface area contributed by atoms with Gasteiger partial charge in [0.05, 0.1) is 16.8 Å². The number of aryl methyl sites for hydroxylation is 1. The highest BCUT2D eigenvalue weighted by Crippen LogP contribution is 2.41. The lowest BCUT2D eigenvalue weighted by molar-refractivity contribution is 0.0951. The number of benzene rings is 1. The number of imidazole rings is 1. The van der Waals surface area contributed by atoms with Crippen molar-refractivity contribution in [1.82, 2.24) is 15.1 Å².